The molecule has 1 aromatic rings. The summed E-state index contributed by atoms with van der Waals surface area (Å²) in [6.07, 6.45) is 5.01. The molecule has 0 aliphatic carbocycles. The van der Waals surface area contributed by atoms with Gasteiger partial charge in [-0.1, -0.05) is 0 Å². The van der Waals surface area contributed by atoms with Crippen molar-refractivity contribution in [1.82, 2.24) is 9.80 Å². The number of nitrogens with zero attached hydrogens (tertiary/aromatic N) is 2. The van der Waals surface area contributed by atoms with Crippen molar-refractivity contribution >= 4 is 11.8 Å². The van der Waals surface area contributed by atoms with Crippen LogP contribution in [-0.2, 0) is 9.59 Å². The maximum Gasteiger partial charge on any atom is 0.263 e. The number of likely N-dealkylation sites (tertiary alicyclic amines) is 2. The summed E-state index contributed by atoms with van der Waals surface area (Å²) < 4.78 is 16.6. The third kappa shape index (κ3) is 4.03. The molecule has 0 N–H and O–H groups in total. The third-order valence-corrected chi connectivity index (χ3v) is 5.82. The van der Waals surface area contributed by atoms with Gasteiger partial charge in [0.15, 0.2) is 17.6 Å². The van der Waals surface area contributed by atoms with E-state index in [0.717, 1.165) is 51.7 Å². The Morgan fingerprint density at radius 1 is 1.21 bits per heavy atom. The van der Waals surface area contributed by atoms with Crippen LogP contribution >= 0.6 is 0 Å². The van der Waals surface area contributed by atoms with E-state index < -0.39 is 6.10 Å². The highest BCUT2D eigenvalue weighted by Gasteiger charge is 2.32. The Labute approximate surface area is 165 Å². The molecule has 7 heteroatoms. The molecular weight excluding hydrogens is 360 g/mol. The highest BCUT2D eigenvalue weighted by molar-refractivity contribution is 5.81. The number of carbonyl (C=O) groups is 2. The number of amides is 2. The summed E-state index contributed by atoms with van der Waals surface area (Å²) in [6.45, 7) is 4.35. The predicted molar refractivity (Wildman–Crippen MR) is 102 cm³/mol. The van der Waals surface area contributed by atoms with Gasteiger partial charge in [0.25, 0.3) is 5.91 Å². The number of fused-ring (bicyclic) bond motifs is 1. The van der Waals surface area contributed by atoms with Gasteiger partial charge in [-0.05, 0) is 51.2 Å². The normalized spacial score (nSPS) is 22.5. The Morgan fingerprint density at radius 3 is 2.89 bits per heavy atom. The first kappa shape index (κ1) is 18.9. The van der Waals surface area contributed by atoms with Crippen molar-refractivity contribution in [2.75, 3.05) is 26.4 Å². The van der Waals surface area contributed by atoms with Gasteiger partial charge in [-0.2, -0.15) is 0 Å². The largest absolute Gasteiger partial charge is 0.481 e. The van der Waals surface area contributed by atoms with Crippen LogP contribution in [0.25, 0.3) is 0 Å². The lowest BCUT2D eigenvalue weighted by Gasteiger charge is -2.38. The number of piperidine rings is 1. The Balaban J connectivity index is 1.36. The third-order valence-electron chi connectivity index (χ3n) is 5.82. The molecule has 152 valence electrons. The van der Waals surface area contributed by atoms with E-state index in [-0.39, 0.29) is 24.6 Å². The number of hydrogen-bond acceptors (Lipinski definition) is 5. The molecule has 0 bridgehead atoms. The Morgan fingerprint density at radius 2 is 2.07 bits per heavy atom. The van der Waals surface area contributed by atoms with Crippen molar-refractivity contribution in [3.63, 3.8) is 0 Å². The van der Waals surface area contributed by atoms with Crippen LogP contribution in [0.4, 0.5) is 0 Å². The van der Waals surface area contributed by atoms with Gasteiger partial charge in [0, 0.05) is 38.2 Å². The van der Waals surface area contributed by atoms with Crippen LogP contribution in [0.15, 0.2) is 18.2 Å². The minimum atomic E-state index is -0.575. The smallest absolute Gasteiger partial charge is 0.263 e. The Kier molecular flexibility index (Phi) is 5.59. The summed E-state index contributed by atoms with van der Waals surface area (Å²) in [7, 11) is 0. The van der Waals surface area contributed by atoms with Crippen LogP contribution in [-0.4, -0.2) is 60.2 Å². The molecular formula is C21H28N2O5. The van der Waals surface area contributed by atoms with Crippen LogP contribution < -0.4 is 14.2 Å². The molecule has 0 saturated carbocycles. The van der Waals surface area contributed by atoms with Gasteiger partial charge in [0.05, 0.1) is 0 Å². The topological polar surface area (TPSA) is 68.3 Å². The van der Waals surface area contributed by atoms with E-state index in [0.29, 0.717) is 23.7 Å². The van der Waals surface area contributed by atoms with Gasteiger partial charge in [0.2, 0.25) is 12.7 Å². The maximum atomic E-state index is 13.1. The molecule has 7 nitrogen and oxygen atoms in total. The molecule has 2 atom stereocenters. The average molecular weight is 388 g/mol. The summed E-state index contributed by atoms with van der Waals surface area (Å²) in [5.74, 6) is 2.19. The van der Waals surface area contributed by atoms with E-state index in [1.165, 1.54) is 0 Å². The second-order valence-electron chi connectivity index (χ2n) is 7.73. The SMILES string of the molecule is C[C@@H](Oc1ccc2c(c1)OCO2)C(=O)N1CCCC[C@H]1CCN1CCCC1=O. The molecule has 4 rings (SSSR count). The number of carbonyl (C=O) groups excluding carboxylic acids is 2. The zero-order valence-corrected chi connectivity index (χ0v) is 16.4. The van der Waals surface area contributed by atoms with Gasteiger partial charge < -0.3 is 24.0 Å². The van der Waals surface area contributed by atoms with E-state index in [2.05, 4.69) is 0 Å². The monoisotopic (exact) mass is 388 g/mol. The first-order valence-electron chi connectivity index (χ1n) is 10.3. The fourth-order valence-corrected chi connectivity index (χ4v) is 4.27. The van der Waals surface area contributed by atoms with Crippen molar-refractivity contribution in [2.45, 2.75) is 57.6 Å². The molecule has 3 heterocycles. The van der Waals surface area contributed by atoms with Gasteiger partial charge in [-0.15, -0.1) is 0 Å². The molecule has 2 fully saturated rings. The number of ether oxygens (including phenoxy) is 3. The van der Waals surface area contributed by atoms with Gasteiger partial charge >= 0.3 is 0 Å². The van der Waals surface area contributed by atoms with E-state index in [9.17, 15) is 9.59 Å². The maximum absolute atomic E-state index is 13.1. The molecule has 0 spiro atoms. The molecule has 3 aliphatic heterocycles. The standard InChI is InChI=1S/C21H28N2O5/c1-15(28-17-7-8-18-19(13-17)27-14-26-18)21(25)23-11-3-2-5-16(23)9-12-22-10-4-6-20(22)24/h7-8,13,15-16H,2-6,9-12,14H2,1H3/t15-,16+/m1/s1. The zero-order chi connectivity index (χ0) is 19.5. The number of hydrogen-bond donors (Lipinski definition) is 0. The number of benzene rings is 1. The lowest BCUT2D eigenvalue weighted by atomic mass is 9.98. The molecule has 2 amide bonds. The summed E-state index contributed by atoms with van der Waals surface area (Å²) in [5, 5.41) is 0. The molecule has 2 saturated heterocycles. The Hall–Kier alpha value is -2.44. The molecule has 3 aliphatic rings. The van der Waals surface area contributed by atoms with Crippen LogP contribution in [0, 0.1) is 0 Å². The predicted octanol–water partition coefficient (Wildman–Crippen LogP) is 2.58. The van der Waals surface area contributed by atoms with Gasteiger partial charge in [-0.3, -0.25) is 9.59 Å². The average Bonchev–Trinajstić information content (AvgIpc) is 3.34. The molecule has 0 radical (unpaired) electrons. The van der Waals surface area contributed by atoms with Crippen molar-refractivity contribution in [2.24, 2.45) is 0 Å². The van der Waals surface area contributed by atoms with Crippen molar-refractivity contribution in [1.29, 1.82) is 0 Å². The van der Waals surface area contributed by atoms with Crippen molar-refractivity contribution in [3.05, 3.63) is 18.2 Å². The Bertz CT molecular complexity index is 738. The van der Waals surface area contributed by atoms with Gasteiger partial charge in [-0.25, -0.2) is 0 Å². The van der Waals surface area contributed by atoms with Crippen LogP contribution in [0.3, 0.4) is 0 Å². The zero-order valence-electron chi connectivity index (χ0n) is 16.4. The number of rotatable bonds is 6. The molecule has 1 aromatic carbocycles. The second kappa shape index (κ2) is 8.29. The first-order chi connectivity index (χ1) is 13.6. The van der Waals surface area contributed by atoms with Crippen molar-refractivity contribution < 1.29 is 23.8 Å². The van der Waals surface area contributed by atoms with E-state index in [1.54, 1.807) is 25.1 Å². The molecule has 28 heavy (non-hydrogen) atoms. The van der Waals surface area contributed by atoms with Gasteiger partial charge in [0.1, 0.15) is 5.75 Å². The van der Waals surface area contributed by atoms with Crippen molar-refractivity contribution in [3.8, 4) is 17.2 Å². The fourth-order valence-electron chi connectivity index (χ4n) is 4.27. The quantitative estimate of drug-likeness (QED) is 0.749. The van der Waals surface area contributed by atoms with Crippen LogP contribution in [0.5, 0.6) is 17.2 Å². The lowest BCUT2D eigenvalue weighted by Crippen LogP contribution is -2.49. The van der Waals surface area contributed by atoms with E-state index in [4.69, 9.17) is 14.2 Å². The van der Waals surface area contributed by atoms with Crippen LogP contribution in [0.1, 0.15) is 45.4 Å². The van der Waals surface area contributed by atoms with E-state index in [1.807, 2.05) is 9.80 Å². The summed E-state index contributed by atoms with van der Waals surface area (Å²) in [4.78, 5) is 28.8. The lowest BCUT2D eigenvalue weighted by molar-refractivity contribution is -0.142. The fraction of sp³-hybridized carbons (Fsp3) is 0.619. The summed E-state index contributed by atoms with van der Waals surface area (Å²) in [5.41, 5.74) is 0. The van der Waals surface area contributed by atoms with Crippen LogP contribution in [0.2, 0.25) is 0 Å². The summed E-state index contributed by atoms with van der Waals surface area (Å²) >= 11 is 0. The molecule has 0 unspecified atom stereocenters. The highest BCUT2D eigenvalue weighted by atomic mass is 16.7. The van der Waals surface area contributed by atoms with E-state index >= 15 is 0 Å². The second-order valence-corrected chi connectivity index (χ2v) is 7.73. The first-order valence-corrected chi connectivity index (χ1v) is 10.3. The minimum absolute atomic E-state index is 0.00937. The summed E-state index contributed by atoms with van der Waals surface area (Å²) in [6, 6.07) is 5.53. The minimum Gasteiger partial charge on any atom is -0.481 e. The highest BCUT2D eigenvalue weighted by Crippen LogP contribution is 2.35. The molecule has 0 aromatic heterocycles.